The fraction of sp³-hybridized carbons (Fsp3) is 0.368. The van der Waals surface area contributed by atoms with Crippen LogP contribution in [0, 0.1) is 6.92 Å². The van der Waals surface area contributed by atoms with E-state index in [-0.39, 0.29) is 5.88 Å². The van der Waals surface area contributed by atoms with Crippen LogP contribution in [0.5, 0.6) is 0 Å². The summed E-state index contributed by atoms with van der Waals surface area (Å²) >= 11 is 0. The third-order valence-corrected chi connectivity index (χ3v) is 5.03. The number of nitrogen functional groups attached to an aromatic ring is 2. The first-order valence-corrected chi connectivity index (χ1v) is 8.54. The summed E-state index contributed by atoms with van der Waals surface area (Å²) in [5.74, 6) is 0.767. The van der Waals surface area contributed by atoms with Gasteiger partial charge in [-0.15, -0.1) is 0 Å². The van der Waals surface area contributed by atoms with Crippen LogP contribution >= 0.6 is 0 Å². The number of pyridine rings is 2. The summed E-state index contributed by atoms with van der Waals surface area (Å²) in [5, 5.41) is 0.943. The second-order valence-corrected chi connectivity index (χ2v) is 6.67. The van der Waals surface area contributed by atoms with E-state index in [0.717, 1.165) is 22.3 Å². The Labute approximate surface area is 141 Å². The Morgan fingerprint density at radius 2 is 1.92 bits per heavy atom. The molecule has 0 aliphatic heterocycles. The second kappa shape index (κ2) is 5.82. The molecule has 24 heavy (non-hydrogen) atoms. The SMILES string of the molecule is Cc1cc(-c2ncc(C3CCCCC3)c3c(N)c(N)oc23)ccn1. The summed E-state index contributed by atoms with van der Waals surface area (Å²) in [6.07, 6.45) is 9.92. The minimum atomic E-state index is 0.280. The molecule has 0 bridgehead atoms. The van der Waals surface area contributed by atoms with E-state index in [0.29, 0.717) is 17.2 Å². The fourth-order valence-corrected chi connectivity index (χ4v) is 3.79. The van der Waals surface area contributed by atoms with Gasteiger partial charge in [0.25, 0.3) is 0 Å². The molecule has 124 valence electrons. The Balaban J connectivity index is 1.93. The highest BCUT2D eigenvalue weighted by Gasteiger charge is 2.24. The van der Waals surface area contributed by atoms with Crippen molar-refractivity contribution in [1.29, 1.82) is 0 Å². The number of rotatable bonds is 2. The maximum atomic E-state index is 6.26. The van der Waals surface area contributed by atoms with E-state index in [1.165, 1.54) is 37.7 Å². The highest BCUT2D eigenvalue weighted by molar-refractivity contribution is 6.03. The van der Waals surface area contributed by atoms with E-state index in [2.05, 4.69) is 4.98 Å². The van der Waals surface area contributed by atoms with Crippen LogP contribution in [-0.4, -0.2) is 9.97 Å². The Bertz CT molecular complexity index is 894. The van der Waals surface area contributed by atoms with Gasteiger partial charge in [-0.3, -0.25) is 9.97 Å². The van der Waals surface area contributed by atoms with Crippen LogP contribution in [0.25, 0.3) is 22.2 Å². The number of furan rings is 1. The van der Waals surface area contributed by atoms with E-state index in [9.17, 15) is 0 Å². The summed E-state index contributed by atoms with van der Waals surface area (Å²) < 4.78 is 5.83. The van der Waals surface area contributed by atoms with Crippen LogP contribution in [-0.2, 0) is 0 Å². The van der Waals surface area contributed by atoms with Crippen LogP contribution < -0.4 is 11.5 Å². The van der Waals surface area contributed by atoms with Gasteiger partial charge in [-0.2, -0.15) is 0 Å². The first-order chi connectivity index (χ1) is 11.6. The number of fused-ring (bicyclic) bond motifs is 1. The number of anilines is 2. The lowest BCUT2D eigenvalue weighted by Crippen LogP contribution is -2.06. The second-order valence-electron chi connectivity index (χ2n) is 6.67. The van der Waals surface area contributed by atoms with Gasteiger partial charge in [-0.1, -0.05) is 19.3 Å². The minimum absolute atomic E-state index is 0.280. The quantitative estimate of drug-likeness (QED) is 0.729. The molecule has 4 rings (SSSR count). The normalized spacial score (nSPS) is 15.9. The number of hydrogen-bond acceptors (Lipinski definition) is 5. The van der Waals surface area contributed by atoms with Gasteiger partial charge in [0.05, 0.1) is 5.39 Å². The van der Waals surface area contributed by atoms with Crippen molar-refractivity contribution in [1.82, 2.24) is 9.97 Å². The molecule has 0 aromatic carbocycles. The molecule has 5 heteroatoms. The smallest absolute Gasteiger partial charge is 0.214 e. The summed E-state index contributed by atoms with van der Waals surface area (Å²) in [4.78, 5) is 8.97. The number of hydrogen-bond donors (Lipinski definition) is 2. The molecule has 1 aliphatic rings. The average molecular weight is 322 g/mol. The lowest BCUT2D eigenvalue weighted by molar-refractivity contribution is 0.445. The molecule has 1 fully saturated rings. The monoisotopic (exact) mass is 322 g/mol. The highest BCUT2D eigenvalue weighted by Crippen LogP contribution is 2.43. The van der Waals surface area contributed by atoms with E-state index >= 15 is 0 Å². The molecule has 1 saturated carbocycles. The van der Waals surface area contributed by atoms with Gasteiger partial charge in [-0.05, 0) is 43.4 Å². The Hall–Kier alpha value is -2.56. The van der Waals surface area contributed by atoms with Crippen molar-refractivity contribution >= 4 is 22.5 Å². The summed E-state index contributed by atoms with van der Waals surface area (Å²) in [6.45, 7) is 1.96. The van der Waals surface area contributed by atoms with Gasteiger partial charge in [0.15, 0.2) is 5.58 Å². The number of nitrogens with two attached hydrogens (primary N) is 2. The van der Waals surface area contributed by atoms with Gasteiger partial charge in [0.1, 0.15) is 11.4 Å². The highest BCUT2D eigenvalue weighted by atomic mass is 16.3. The van der Waals surface area contributed by atoms with Crippen molar-refractivity contribution in [2.75, 3.05) is 11.5 Å². The van der Waals surface area contributed by atoms with Gasteiger partial charge < -0.3 is 15.9 Å². The molecular formula is C19H22N4O. The lowest BCUT2D eigenvalue weighted by Gasteiger charge is -2.22. The third-order valence-electron chi connectivity index (χ3n) is 5.03. The van der Waals surface area contributed by atoms with E-state index in [1.54, 1.807) is 6.20 Å². The lowest BCUT2D eigenvalue weighted by atomic mass is 9.83. The topological polar surface area (TPSA) is 91.0 Å². The summed E-state index contributed by atoms with van der Waals surface area (Å²) in [7, 11) is 0. The van der Waals surface area contributed by atoms with Crippen molar-refractivity contribution in [2.45, 2.75) is 44.9 Å². The van der Waals surface area contributed by atoms with Crippen molar-refractivity contribution in [3.05, 3.63) is 35.8 Å². The zero-order valence-electron chi connectivity index (χ0n) is 13.9. The molecule has 0 spiro atoms. The molecule has 3 aromatic heterocycles. The zero-order chi connectivity index (χ0) is 16.7. The van der Waals surface area contributed by atoms with Gasteiger partial charge in [0, 0.05) is 23.7 Å². The van der Waals surface area contributed by atoms with Crippen LogP contribution in [0.15, 0.2) is 28.9 Å². The van der Waals surface area contributed by atoms with E-state index < -0.39 is 0 Å². The van der Waals surface area contributed by atoms with E-state index in [4.69, 9.17) is 20.9 Å². The maximum Gasteiger partial charge on any atom is 0.214 e. The first kappa shape index (κ1) is 15.0. The molecule has 0 amide bonds. The molecule has 0 unspecified atom stereocenters. The first-order valence-electron chi connectivity index (χ1n) is 8.54. The van der Waals surface area contributed by atoms with Crippen molar-refractivity contribution in [3.8, 4) is 11.3 Å². The standard InChI is InChI=1S/C19H22N4O/c1-11-9-13(7-8-22-11)17-18-15(16(20)19(21)24-18)14(10-23-17)12-5-3-2-4-6-12/h7-10,12H,2-6,20-21H2,1H3. The van der Waals surface area contributed by atoms with Crippen LogP contribution in [0.3, 0.4) is 0 Å². The van der Waals surface area contributed by atoms with Crippen molar-refractivity contribution in [2.24, 2.45) is 0 Å². The predicted octanol–water partition coefficient (Wildman–Crippen LogP) is 4.41. The molecule has 5 nitrogen and oxygen atoms in total. The molecule has 4 N–H and O–H groups in total. The number of aryl methyl sites for hydroxylation is 1. The van der Waals surface area contributed by atoms with Gasteiger partial charge in [-0.25, -0.2) is 0 Å². The summed E-state index contributed by atoms with van der Waals surface area (Å²) in [6, 6.07) is 3.93. The Morgan fingerprint density at radius 3 is 2.67 bits per heavy atom. The molecule has 1 aliphatic carbocycles. The average Bonchev–Trinajstić information content (AvgIpc) is 2.90. The Morgan fingerprint density at radius 1 is 1.12 bits per heavy atom. The maximum absolute atomic E-state index is 6.26. The fourth-order valence-electron chi connectivity index (χ4n) is 3.79. The van der Waals surface area contributed by atoms with Gasteiger partial charge >= 0.3 is 0 Å². The molecule has 3 aromatic rings. The zero-order valence-corrected chi connectivity index (χ0v) is 13.9. The largest absolute Gasteiger partial charge is 0.436 e. The summed E-state index contributed by atoms with van der Waals surface area (Å²) in [5.41, 5.74) is 17.4. The van der Waals surface area contributed by atoms with Gasteiger partial charge in [0.2, 0.25) is 5.88 Å². The molecule has 0 saturated heterocycles. The number of aromatic nitrogens is 2. The third kappa shape index (κ3) is 2.40. The van der Waals surface area contributed by atoms with Crippen LogP contribution in [0.2, 0.25) is 0 Å². The predicted molar refractivity (Wildman–Crippen MR) is 96.6 cm³/mol. The van der Waals surface area contributed by atoms with E-state index in [1.807, 2.05) is 25.3 Å². The molecule has 3 heterocycles. The van der Waals surface area contributed by atoms with Crippen LogP contribution in [0.1, 0.15) is 49.3 Å². The number of nitrogens with zero attached hydrogens (tertiary/aromatic N) is 2. The molecule has 0 radical (unpaired) electrons. The minimum Gasteiger partial charge on any atom is -0.436 e. The van der Waals surface area contributed by atoms with Crippen molar-refractivity contribution < 1.29 is 4.42 Å². The van der Waals surface area contributed by atoms with Crippen LogP contribution in [0.4, 0.5) is 11.6 Å². The van der Waals surface area contributed by atoms with Crippen molar-refractivity contribution in [3.63, 3.8) is 0 Å². The molecular weight excluding hydrogens is 300 g/mol. The molecule has 0 atom stereocenters. The Kier molecular flexibility index (Phi) is 3.63.